The number of hydrogen-bond donors (Lipinski definition) is 6. The minimum Gasteiger partial charge on any atom is -0.445 e. The van der Waals surface area contributed by atoms with Crippen molar-refractivity contribution in [2.24, 2.45) is 17.4 Å². The van der Waals surface area contributed by atoms with E-state index in [0.717, 1.165) is 23.9 Å². The molecule has 0 aliphatic carbocycles. The highest BCUT2D eigenvalue weighted by Gasteiger charge is 2.31. The molecule has 1 saturated heterocycles. The molecule has 2 rings (SSSR count). The van der Waals surface area contributed by atoms with Crippen molar-refractivity contribution >= 4 is 65.0 Å². The van der Waals surface area contributed by atoms with E-state index in [4.69, 9.17) is 16.2 Å². The van der Waals surface area contributed by atoms with Gasteiger partial charge in [0.15, 0.2) is 0 Å². The quantitative estimate of drug-likeness (QED) is 0.0826. The third-order valence-corrected chi connectivity index (χ3v) is 8.47. The Morgan fingerprint density at radius 1 is 0.885 bits per heavy atom. The number of nitrogens with one attached hydrogen (secondary N) is 4. The minimum absolute atomic E-state index is 0.0122. The van der Waals surface area contributed by atoms with Crippen molar-refractivity contribution in [3.8, 4) is 0 Å². The molecule has 284 valence electrons. The molecule has 1 fully saturated rings. The summed E-state index contributed by atoms with van der Waals surface area (Å²) < 4.78 is 4.75. The second-order valence-corrected chi connectivity index (χ2v) is 13.0. The lowest BCUT2D eigenvalue weighted by atomic mass is 10.0. The number of ether oxygens (including phenoxy) is 1. The van der Waals surface area contributed by atoms with E-state index in [0.29, 0.717) is 17.7 Å². The molecule has 1 aromatic rings. The SMILES string of the molecule is C=CC(=O)N1CN(C(=O)C=C)CN(C(=O)CCSCC(=O)N[C@H](C(=O)N[C@@H](CCCNC(N)=O)C(=O)Nc2ccc(COC(N)=O)cc2)C(C)C)C1. The predicted molar refractivity (Wildman–Crippen MR) is 192 cm³/mol. The van der Waals surface area contributed by atoms with E-state index in [1.54, 1.807) is 38.1 Å². The second kappa shape index (κ2) is 21.6. The Morgan fingerprint density at radius 2 is 1.48 bits per heavy atom. The Morgan fingerprint density at radius 3 is 2.02 bits per heavy atom. The number of urea groups is 1. The van der Waals surface area contributed by atoms with Gasteiger partial charge >= 0.3 is 12.1 Å². The zero-order valence-corrected chi connectivity index (χ0v) is 30.1. The van der Waals surface area contributed by atoms with E-state index >= 15 is 0 Å². The second-order valence-electron chi connectivity index (χ2n) is 11.9. The molecule has 1 aliphatic rings. The van der Waals surface area contributed by atoms with Crippen LogP contribution in [-0.2, 0) is 40.1 Å². The highest BCUT2D eigenvalue weighted by atomic mass is 32.2. The zero-order chi connectivity index (χ0) is 38.8. The number of thioether (sulfide) groups is 1. The molecule has 1 aliphatic heterocycles. The van der Waals surface area contributed by atoms with E-state index < -0.39 is 53.7 Å². The lowest BCUT2D eigenvalue weighted by molar-refractivity contribution is -0.154. The number of anilines is 1. The molecule has 0 aromatic heterocycles. The van der Waals surface area contributed by atoms with Crippen molar-refractivity contribution in [2.75, 3.05) is 43.4 Å². The summed E-state index contributed by atoms with van der Waals surface area (Å²) in [7, 11) is 0. The van der Waals surface area contributed by atoms with E-state index in [-0.39, 0.29) is 69.3 Å². The first-order valence-electron chi connectivity index (χ1n) is 16.3. The average Bonchev–Trinajstić information content (AvgIpc) is 3.11. The molecule has 52 heavy (non-hydrogen) atoms. The van der Waals surface area contributed by atoms with Crippen molar-refractivity contribution in [3.63, 3.8) is 0 Å². The molecule has 0 saturated carbocycles. The van der Waals surface area contributed by atoms with Gasteiger partial charge in [-0.3, -0.25) is 28.8 Å². The number of carbonyl (C=O) groups is 8. The number of amides is 9. The maximum atomic E-state index is 13.4. The average molecular weight is 746 g/mol. The van der Waals surface area contributed by atoms with Crippen LogP contribution in [0.25, 0.3) is 0 Å². The lowest BCUT2D eigenvalue weighted by Crippen LogP contribution is -2.59. The molecule has 1 heterocycles. The summed E-state index contributed by atoms with van der Waals surface area (Å²) in [6.07, 6.45) is 1.70. The van der Waals surface area contributed by atoms with Gasteiger partial charge in [0.2, 0.25) is 35.4 Å². The van der Waals surface area contributed by atoms with Gasteiger partial charge in [-0.15, -0.1) is 0 Å². The first kappa shape index (κ1) is 42.6. The standard InChI is InChI=1S/C33H47N9O9S/c1-5-26(44)40-18-41(27(45)6-2)20-42(19-40)28(46)13-15-52-17-25(43)39-29(21(3)4)31(48)38-24(8-7-14-36-32(34)49)30(47)37-23-11-9-22(10-12-23)16-51-33(35)50/h5-6,9-12,21,24,29H,1-2,7-8,13-20H2,3-4H3,(H2,35,50)(H,37,47)(H,38,48)(H,39,43)(H3,34,36,49)/t24-,29-/m0/s1. The van der Waals surface area contributed by atoms with E-state index in [2.05, 4.69) is 34.4 Å². The third kappa shape index (κ3) is 14.7. The molecular formula is C33H47N9O9S. The fraction of sp³-hybridized carbons (Fsp3) is 0.455. The number of nitrogens with two attached hydrogens (primary N) is 2. The van der Waals surface area contributed by atoms with Crippen LogP contribution < -0.4 is 32.7 Å². The summed E-state index contributed by atoms with van der Waals surface area (Å²) in [6, 6.07) is 3.61. The zero-order valence-electron chi connectivity index (χ0n) is 29.3. The van der Waals surface area contributed by atoms with Gasteiger partial charge in [-0.2, -0.15) is 11.8 Å². The third-order valence-electron chi connectivity index (χ3n) is 7.51. The van der Waals surface area contributed by atoms with E-state index in [9.17, 15) is 38.4 Å². The van der Waals surface area contributed by atoms with Gasteiger partial charge < -0.3 is 52.2 Å². The highest BCUT2D eigenvalue weighted by molar-refractivity contribution is 7.99. The van der Waals surface area contributed by atoms with Crippen LogP contribution in [0.2, 0.25) is 0 Å². The van der Waals surface area contributed by atoms with Crippen molar-refractivity contribution in [1.82, 2.24) is 30.7 Å². The van der Waals surface area contributed by atoms with E-state index in [1.807, 2.05) is 0 Å². The van der Waals surface area contributed by atoms with Crippen LogP contribution in [0.3, 0.4) is 0 Å². The van der Waals surface area contributed by atoms with Crippen molar-refractivity contribution in [2.45, 2.75) is 51.8 Å². The first-order chi connectivity index (χ1) is 24.6. The van der Waals surface area contributed by atoms with Crippen molar-refractivity contribution < 1.29 is 43.1 Å². The summed E-state index contributed by atoms with van der Waals surface area (Å²) in [6.45, 7) is 10.4. The van der Waals surface area contributed by atoms with Crippen LogP contribution in [0.5, 0.6) is 0 Å². The van der Waals surface area contributed by atoms with Crippen LogP contribution in [0.4, 0.5) is 15.3 Å². The predicted octanol–water partition coefficient (Wildman–Crippen LogP) is 0.162. The summed E-state index contributed by atoms with van der Waals surface area (Å²) in [5, 5.41) is 10.5. The van der Waals surface area contributed by atoms with Gasteiger partial charge in [0.25, 0.3) is 0 Å². The van der Waals surface area contributed by atoms with Crippen LogP contribution in [-0.4, -0.2) is 112 Å². The number of primary amides is 2. The number of nitrogens with zero attached hydrogens (tertiary/aromatic N) is 3. The fourth-order valence-electron chi connectivity index (χ4n) is 4.80. The van der Waals surface area contributed by atoms with Crippen LogP contribution in [0.15, 0.2) is 49.6 Å². The van der Waals surface area contributed by atoms with Gasteiger partial charge in [0.1, 0.15) is 18.7 Å². The monoisotopic (exact) mass is 745 g/mol. The van der Waals surface area contributed by atoms with Crippen molar-refractivity contribution in [3.05, 3.63) is 55.1 Å². The van der Waals surface area contributed by atoms with Gasteiger partial charge in [-0.25, -0.2) is 9.59 Å². The van der Waals surface area contributed by atoms with Gasteiger partial charge in [0.05, 0.1) is 25.8 Å². The molecule has 0 unspecified atom stereocenters. The molecule has 18 nitrogen and oxygen atoms in total. The maximum Gasteiger partial charge on any atom is 0.404 e. The molecule has 1 aromatic carbocycles. The number of benzene rings is 1. The summed E-state index contributed by atoms with van der Waals surface area (Å²) >= 11 is 1.16. The topological polar surface area (TPSA) is 256 Å². The van der Waals surface area contributed by atoms with Crippen LogP contribution in [0.1, 0.15) is 38.7 Å². The Hall–Kier alpha value is -5.59. The molecule has 0 spiro atoms. The summed E-state index contributed by atoms with van der Waals surface area (Å²) in [5.74, 6) is -3.04. The molecule has 8 N–H and O–H groups in total. The molecule has 2 atom stereocenters. The Kier molecular flexibility index (Phi) is 17.7. The van der Waals surface area contributed by atoms with Crippen molar-refractivity contribution in [1.29, 1.82) is 0 Å². The number of carbonyl (C=O) groups excluding carboxylic acids is 8. The molecule has 0 radical (unpaired) electrons. The Balaban J connectivity index is 1.97. The van der Waals surface area contributed by atoms with Gasteiger partial charge in [0, 0.05) is 24.4 Å². The van der Waals surface area contributed by atoms with Crippen LogP contribution >= 0.6 is 11.8 Å². The number of hydrogen-bond acceptors (Lipinski definition) is 10. The lowest BCUT2D eigenvalue weighted by Gasteiger charge is -2.41. The van der Waals surface area contributed by atoms with E-state index in [1.165, 1.54) is 14.7 Å². The van der Waals surface area contributed by atoms with Gasteiger partial charge in [-0.05, 0) is 48.6 Å². The molecule has 9 amide bonds. The maximum absolute atomic E-state index is 13.4. The summed E-state index contributed by atoms with van der Waals surface area (Å²) in [4.78, 5) is 103. The molecule has 0 bridgehead atoms. The minimum atomic E-state index is -1.05. The smallest absolute Gasteiger partial charge is 0.404 e. The first-order valence-corrected chi connectivity index (χ1v) is 17.4. The Bertz CT molecular complexity index is 1460. The highest BCUT2D eigenvalue weighted by Crippen LogP contribution is 2.15. The number of rotatable bonds is 19. The van der Waals surface area contributed by atoms with Gasteiger partial charge in [-0.1, -0.05) is 39.1 Å². The largest absolute Gasteiger partial charge is 0.445 e. The molecule has 19 heteroatoms. The fourth-order valence-corrected chi connectivity index (χ4v) is 5.53. The summed E-state index contributed by atoms with van der Waals surface area (Å²) in [5.41, 5.74) is 11.1. The molecular weight excluding hydrogens is 698 g/mol. The normalized spacial score (nSPS) is 13.6. The Labute approximate surface area is 306 Å². The van der Waals surface area contributed by atoms with Crippen LogP contribution in [0, 0.1) is 5.92 Å².